The van der Waals surface area contributed by atoms with Crippen molar-refractivity contribution in [1.29, 1.82) is 0 Å². The van der Waals surface area contributed by atoms with Crippen molar-refractivity contribution in [2.75, 3.05) is 0 Å². The predicted molar refractivity (Wildman–Crippen MR) is 85.6 cm³/mol. The van der Waals surface area contributed by atoms with Crippen molar-refractivity contribution < 1.29 is 23.8 Å². The van der Waals surface area contributed by atoms with Crippen LogP contribution in [0, 0.1) is 5.82 Å². The summed E-state index contributed by atoms with van der Waals surface area (Å²) in [5.41, 5.74) is -0.554. The molecule has 0 spiro atoms. The molecule has 0 aliphatic heterocycles. The van der Waals surface area contributed by atoms with Crippen molar-refractivity contribution >= 4 is 28.0 Å². The van der Waals surface area contributed by atoms with Gasteiger partial charge in [-0.15, -0.1) is 0 Å². The summed E-state index contributed by atoms with van der Waals surface area (Å²) in [6.45, 7) is 5.14. The first kappa shape index (κ1) is 17.7. The van der Waals surface area contributed by atoms with E-state index in [9.17, 15) is 19.1 Å². The summed E-state index contributed by atoms with van der Waals surface area (Å²) < 4.78 is 19.3. The number of hydrogen-bond donors (Lipinski definition) is 1. The summed E-state index contributed by atoms with van der Waals surface area (Å²) in [6, 6.07) is 2.27. The zero-order valence-electron chi connectivity index (χ0n) is 13.2. The van der Waals surface area contributed by atoms with Crippen molar-refractivity contribution in [3.8, 4) is 0 Å². The number of aliphatic carboxylic acids is 1. The molecule has 1 unspecified atom stereocenters. The van der Waals surface area contributed by atoms with E-state index in [0.29, 0.717) is 17.3 Å². The van der Waals surface area contributed by atoms with Gasteiger partial charge in [0.15, 0.2) is 6.04 Å². The molecule has 0 heterocycles. The molecule has 1 aliphatic carbocycles. The summed E-state index contributed by atoms with van der Waals surface area (Å²) in [5.74, 6) is -1.79. The molecule has 1 saturated carbocycles. The van der Waals surface area contributed by atoms with Gasteiger partial charge in [0.2, 0.25) is 0 Å². The zero-order valence-corrected chi connectivity index (χ0v) is 14.8. The van der Waals surface area contributed by atoms with E-state index in [-0.39, 0.29) is 11.6 Å². The molecule has 0 saturated heterocycles. The summed E-state index contributed by atoms with van der Waals surface area (Å²) in [5, 5.41) is 9.64. The van der Waals surface area contributed by atoms with Crippen molar-refractivity contribution in [2.45, 2.75) is 51.3 Å². The van der Waals surface area contributed by atoms with Crippen LogP contribution in [-0.2, 0) is 9.53 Å². The maximum atomic E-state index is 13.6. The van der Waals surface area contributed by atoms with Gasteiger partial charge in [-0.05, 0) is 51.8 Å². The summed E-state index contributed by atoms with van der Waals surface area (Å²) >= 11 is 3.24. The molecule has 1 aromatic carbocycles. The third-order valence-electron chi connectivity index (χ3n) is 3.31. The van der Waals surface area contributed by atoms with Crippen LogP contribution in [-0.4, -0.2) is 33.7 Å². The largest absolute Gasteiger partial charge is 0.479 e. The number of hydrogen-bond acceptors (Lipinski definition) is 3. The van der Waals surface area contributed by atoms with Crippen LogP contribution in [0.2, 0.25) is 0 Å². The number of carbonyl (C=O) groups excluding carboxylic acids is 1. The molecule has 23 heavy (non-hydrogen) atoms. The second-order valence-corrected chi connectivity index (χ2v) is 7.38. The quantitative estimate of drug-likeness (QED) is 0.843. The molecule has 126 valence electrons. The Balaban J connectivity index is 2.42. The van der Waals surface area contributed by atoms with Crippen LogP contribution < -0.4 is 0 Å². The van der Waals surface area contributed by atoms with Gasteiger partial charge in [-0.3, -0.25) is 4.90 Å². The van der Waals surface area contributed by atoms with Crippen molar-refractivity contribution in [3.05, 3.63) is 34.1 Å². The first-order valence-electron chi connectivity index (χ1n) is 7.29. The third-order valence-corrected chi connectivity index (χ3v) is 4.03. The minimum Gasteiger partial charge on any atom is -0.479 e. The van der Waals surface area contributed by atoms with E-state index >= 15 is 0 Å². The number of rotatable bonds is 4. The molecule has 0 radical (unpaired) electrons. The van der Waals surface area contributed by atoms with Crippen molar-refractivity contribution in [3.63, 3.8) is 0 Å². The van der Waals surface area contributed by atoms with Gasteiger partial charge in [0.1, 0.15) is 11.4 Å². The lowest BCUT2D eigenvalue weighted by Gasteiger charge is -2.32. The average molecular weight is 388 g/mol. The SMILES string of the molecule is CC(C)(C)OC(=O)N(C1CC1)C(C(=O)O)c1cc(F)ccc1Br. The summed E-state index contributed by atoms with van der Waals surface area (Å²) in [6.07, 6.45) is 0.704. The average Bonchev–Trinajstić information content (AvgIpc) is 3.20. The lowest BCUT2D eigenvalue weighted by atomic mass is 10.1. The minimum absolute atomic E-state index is 0.190. The Morgan fingerprint density at radius 1 is 1.39 bits per heavy atom. The molecular formula is C16H19BrFNO4. The van der Waals surface area contributed by atoms with Gasteiger partial charge in [-0.25, -0.2) is 14.0 Å². The molecular weight excluding hydrogens is 369 g/mol. The Hall–Kier alpha value is -1.63. The van der Waals surface area contributed by atoms with E-state index in [0.717, 1.165) is 6.07 Å². The van der Waals surface area contributed by atoms with Crippen LogP contribution in [0.15, 0.2) is 22.7 Å². The fourth-order valence-electron chi connectivity index (χ4n) is 2.26. The molecule has 1 aliphatic rings. The zero-order chi connectivity index (χ0) is 17.4. The Bertz CT molecular complexity index is 625. The highest BCUT2D eigenvalue weighted by molar-refractivity contribution is 9.10. The fourth-order valence-corrected chi connectivity index (χ4v) is 2.72. The number of ether oxygens (including phenoxy) is 1. The maximum absolute atomic E-state index is 13.6. The standard InChI is InChI=1S/C16H19BrFNO4/c1-16(2,3)23-15(22)19(10-5-6-10)13(14(20)21)11-8-9(18)4-7-12(11)17/h4,7-8,10,13H,5-6H2,1-3H3,(H,20,21). The maximum Gasteiger partial charge on any atom is 0.411 e. The van der Waals surface area contributed by atoms with Crippen LogP contribution in [0.3, 0.4) is 0 Å². The van der Waals surface area contributed by atoms with Crippen LogP contribution in [0.4, 0.5) is 9.18 Å². The van der Waals surface area contributed by atoms with Crippen molar-refractivity contribution in [1.82, 2.24) is 4.90 Å². The summed E-state index contributed by atoms with van der Waals surface area (Å²) in [7, 11) is 0. The highest BCUT2D eigenvalue weighted by Crippen LogP contribution is 2.38. The number of carboxylic acids is 1. The molecule has 1 atom stereocenters. The minimum atomic E-state index is -1.30. The summed E-state index contributed by atoms with van der Waals surface area (Å²) in [4.78, 5) is 25.5. The first-order chi connectivity index (χ1) is 10.6. The van der Waals surface area contributed by atoms with E-state index < -0.39 is 29.5 Å². The van der Waals surface area contributed by atoms with Gasteiger partial charge >= 0.3 is 12.1 Å². The number of carbonyl (C=O) groups is 2. The van der Waals surface area contributed by atoms with Gasteiger partial charge in [-0.2, -0.15) is 0 Å². The van der Waals surface area contributed by atoms with E-state index in [4.69, 9.17) is 4.74 Å². The lowest BCUT2D eigenvalue weighted by Crippen LogP contribution is -2.43. The van der Waals surface area contributed by atoms with Gasteiger partial charge in [0, 0.05) is 16.1 Å². The predicted octanol–water partition coefficient (Wildman–Crippen LogP) is 4.11. The monoisotopic (exact) mass is 387 g/mol. The van der Waals surface area contributed by atoms with Gasteiger partial charge in [0.05, 0.1) is 0 Å². The second-order valence-electron chi connectivity index (χ2n) is 6.53. The first-order valence-corrected chi connectivity index (χ1v) is 8.08. The molecule has 1 fully saturated rings. The van der Waals surface area contributed by atoms with Crippen LogP contribution in [0.5, 0.6) is 0 Å². The second kappa shape index (κ2) is 6.47. The van der Waals surface area contributed by atoms with Crippen LogP contribution >= 0.6 is 15.9 Å². The van der Waals surface area contributed by atoms with E-state index in [1.54, 1.807) is 20.8 Å². The van der Waals surface area contributed by atoms with E-state index in [2.05, 4.69) is 15.9 Å². The van der Waals surface area contributed by atoms with Crippen molar-refractivity contribution in [2.24, 2.45) is 0 Å². The van der Waals surface area contributed by atoms with E-state index in [1.807, 2.05) is 0 Å². The molecule has 1 aromatic rings. The molecule has 2 rings (SSSR count). The Kier molecular flexibility index (Phi) is 4.98. The van der Waals surface area contributed by atoms with E-state index in [1.165, 1.54) is 17.0 Å². The topological polar surface area (TPSA) is 66.8 Å². The molecule has 5 nitrogen and oxygen atoms in total. The van der Waals surface area contributed by atoms with Gasteiger partial charge in [0.25, 0.3) is 0 Å². The molecule has 1 amide bonds. The molecule has 0 aromatic heterocycles. The highest BCUT2D eigenvalue weighted by atomic mass is 79.9. The number of carboxylic acid groups (broad SMARTS) is 1. The molecule has 1 N–H and O–H groups in total. The Labute approximate surface area is 142 Å². The number of benzene rings is 1. The van der Waals surface area contributed by atoms with Crippen LogP contribution in [0.1, 0.15) is 45.2 Å². The molecule has 7 heteroatoms. The third kappa shape index (κ3) is 4.43. The van der Waals surface area contributed by atoms with Gasteiger partial charge in [-0.1, -0.05) is 15.9 Å². The Morgan fingerprint density at radius 2 is 2.00 bits per heavy atom. The highest BCUT2D eigenvalue weighted by Gasteiger charge is 2.44. The van der Waals surface area contributed by atoms with Gasteiger partial charge < -0.3 is 9.84 Å². The number of nitrogens with zero attached hydrogens (tertiary/aromatic N) is 1. The number of amides is 1. The lowest BCUT2D eigenvalue weighted by molar-refractivity contribution is -0.143. The number of halogens is 2. The molecule has 0 bridgehead atoms. The normalized spacial score (nSPS) is 15.9. The fraction of sp³-hybridized carbons (Fsp3) is 0.500. The smallest absolute Gasteiger partial charge is 0.411 e. The Morgan fingerprint density at radius 3 is 2.48 bits per heavy atom. The van der Waals surface area contributed by atoms with Crippen LogP contribution in [0.25, 0.3) is 0 Å².